The van der Waals surface area contributed by atoms with Crippen LogP contribution in [0.2, 0.25) is 25.7 Å². The van der Waals surface area contributed by atoms with Crippen LogP contribution in [0.15, 0.2) is 122 Å². The van der Waals surface area contributed by atoms with Crippen molar-refractivity contribution in [2.24, 2.45) is 0 Å². The summed E-state index contributed by atoms with van der Waals surface area (Å²) in [4.78, 5) is 42.3. The van der Waals surface area contributed by atoms with E-state index in [1.807, 2.05) is 135 Å². The number of benzene rings is 4. The van der Waals surface area contributed by atoms with Gasteiger partial charge in [0.2, 0.25) is 0 Å². The van der Waals surface area contributed by atoms with Crippen LogP contribution in [0.25, 0.3) is 21.3 Å². The number of esters is 1. The van der Waals surface area contributed by atoms with E-state index in [1.165, 1.54) is 11.3 Å². The first kappa shape index (κ1) is 43.5. The summed E-state index contributed by atoms with van der Waals surface area (Å²) in [6, 6.07) is 36.8. The molecule has 13 heteroatoms. The van der Waals surface area contributed by atoms with Crippen LogP contribution in [0, 0.1) is 0 Å². The molecule has 11 nitrogen and oxygen atoms in total. The van der Waals surface area contributed by atoms with E-state index >= 15 is 0 Å². The van der Waals surface area contributed by atoms with Crippen LogP contribution < -0.4 is 14.5 Å². The molecule has 0 fully saturated rings. The molecule has 4 aromatic carbocycles. The van der Waals surface area contributed by atoms with Crippen molar-refractivity contribution < 1.29 is 23.8 Å². The summed E-state index contributed by atoms with van der Waals surface area (Å²) < 4.78 is 21.0. The SMILES string of the molecule is CC(C)(C)OC(=O)c1nc(N2CCc3cccc(C(=O)N(COCC[Si](C)(C)C)c4nc5ccccc5s4)c3C2)ccc1-c1cnn(Cc2ccc(OCc3ccccc3)cc2)c1. The van der Waals surface area contributed by atoms with Gasteiger partial charge < -0.3 is 19.1 Å². The number of pyridine rings is 1. The number of rotatable bonds is 15. The van der Waals surface area contributed by atoms with Crippen molar-refractivity contribution >= 4 is 52.5 Å². The number of hydrogen-bond acceptors (Lipinski definition) is 10. The Labute approximate surface area is 374 Å². The number of para-hydroxylation sites is 1. The van der Waals surface area contributed by atoms with Gasteiger partial charge in [0.05, 0.1) is 23.0 Å². The van der Waals surface area contributed by atoms with Gasteiger partial charge in [-0.05, 0) is 98.0 Å². The van der Waals surface area contributed by atoms with Crippen molar-refractivity contribution in [1.29, 1.82) is 0 Å². The van der Waals surface area contributed by atoms with Gasteiger partial charge in [0.15, 0.2) is 10.8 Å². The lowest BCUT2D eigenvalue weighted by Gasteiger charge is -2.32. The fraction of sp³-hybridized carbons (Fsp3) is 0.300. The molecule has 1 amide bonds. The van der Waals surface area contributed by atoms with Gasteiger partial charge in [-0.2, -0.15) is 5.10 Å². The number of aromatic nitrogens is 4. The van der Waals surface area contributed by atoms with Gasteiger partial charge >= 0.3 is 5.97 Å². The van der Waals surface area contributed by atoms with E-state index in [0.29, 0.717) is 61.3 Å². The Morgan fingerprint density at radius 3 is 2.40 bits per heavy atom. The maximum atomic E-state index is 14.7. The third-order valence-electron chi connectivity index (χ3n) is 10.7. The Hall–Kier alpha value is -6.15. The molecule has 324 valence electrons. The molecule has 0 radical (unpaired) electrons. The molecule has 4 heterocycles. The van der Waals surface area contributed by atoms with Crippen LogP contribution in [-0.4, -0.2) is 65.2 Å². The zero-order valence-corrected chi connectivity index (χ0v) is 38.7. The summed E-state index contributed by atoms with van der Waals surface area (Å²) in [5, 5.41) is 5.26. The highest BCUT2D eigenvalue weighted by molar-refractivity contribution is 7.22. The van der Waals surface area contributed by atoms with Crippen LogP contribution >= 0.6 is 11.3 Å². The topological polar surface area (TPSA) is 112 Å². The van der Waals surface area contributed by atoms with Crippen molar-refractivity contribution in [3.05, 3.63) is 155 Å². The summed E-state index contributed by atoms with van der Waals surface area (Å²) in [6.45, 7) is 15.3. The summed E-state index contributed by atoms with van der Waals surface area (Å²) in [5.74, 6) is 0.725. The average molecular weight is 879 g/mol. The van der Waals surface area contributed by atoms with Crippen LogP contribution in [0.5, 0.6) is 5.75 Å². The van der Waals surface area contributed by atoms with E-state index in [1.54, 1.807) is 11.1 Å². The fourth-order valence-electron chi connectivity index (χ4n) is 7.38. The normalized spacial score (nSPS) is 12.9. The number of carbonyl (C=O) groups excluding carboxylic acids is 2. The van der Waals surface area contributed by atoms with E-state index in [4.69, 9.17) is 24.2 Å². The second-order valence-corrected chi connectivity index (χ2v) is 24.7. The van der Waals surface area contributed by atoms with Gasteiger partial charge in [-0.25, -0.2) is 14.8 Å². The Balaban J connectivity index is 1.03. The van der Waals surface area contributed by atoms with Gasteiger partial charge in [0.1, 0.15) is 30.5 Å². The van der Waals surface area contributed by atoms with Crippen LogP contribution in [-0.2, 0) is 35.6 Å². The molecule has 3 aromatic heterocycles. The smallest absolute Gasteiger partial charge is 0.358 e. The predicted molar refractivity (Wildman–Crippen MR) is 254 cm³/mol. The molecule has 1 aliphatic rings. The van der Waals surface area contributed by atoms with E-state index in [9.17, 15) is 9.59 Å². The molecular formula is C50H54N6O5SSi. The molecule has 1 aliphatic heterocycles. The first-order chi connectivity index (χ1) is 30.3. The monoisotopic (exact) mass is 878 g/mol. The van der Waals surface area contributed by atoms with Crippen molar-refractivity contribution in [2.45, 2.75) is 78.2 Å². The number of thiazole rings is 1. The second-order valence-electron chi connectivity index (χ2n) is 18.1. The second kappa shape index (κ2) is 18.7. The van der Waals surface area contributed by atoms with Gasteiger partial charge in [0.25, 0.3) is 5.91 Å². The molecule has 0 saturated carbocycles. The predicted octanol–water partition coefficient (Wildman–Crippen LogP) is 10.7. The van der Waals surface area contributed by atoms with Crippen LogP contribution in [0.1, 0.15) is 63.9 Å². The molecule has 0 bridgehead atoms. The van der Waals surface area contributed by atoms with Gasteiger partial charge in [-0.1, -0.05) is 97.7 Å². The number of fused-ring (bicyclic) bond motifs is 2. The number of anilines is 2. The molecule has 0 spiro atoms. The Morgan fingerprint density at radius 2 is 1.63 bits per heavy atom. The highest BCUT2D eigenvalue weighted by Crippen LogP contribution is 2.34. The molecule has 63 heavy (non-hydrogen) atoms. The zero-order chi connectivity index (χ0) is 44.1. The first-order valence-corrected chi connectivity index (χ1v) is 25.9. The van der Waals surface area contributed by atoms with Gasteiger partial charge in [-0.3, -0.25) is 14.4 Å². The summed E-state index contributed by atoms with van der Waals surface area (Å²) >= 11 is 1.49. The highest BCUT2D eigenvalue weighted by Gasteiger charge is 2.30. The number of hydrogen-bond donors (Lipinski definition) is 0. The van der Waals surface area contributed by atoms with Crippen molar-refractivity contribution in [3.63, 3.8) is 0 Å². The van der Waals surface area contributed by atoms with E-state index in [2.05, 4.69) is 35.7 Å². The Morgan fingerprint density at radius 1 is 0.857 bits per heavy atom. The van der Waals surface area contributed by atoms with Crippen molar-refractivity contribution in [2.75, 3.05) is 29.7 Å². The van der Waals surface area contributed by atoms with E-state index < -0.39 is 19.6 Å². The number of amides is 1. The Kier molecular flexibility index (Phi) is 12.9. The number of ether oxygens (including phenoxy) is 3. The van der Waals surface area contributed by atoms with Crippen molar-refractivity contribution in [1.82, 2.24) is 19.7 Å². The Bertz CT molecular complexity index is 2670. The molecule has 8 rings (SSSR count). The first-order valence-electron chi connectivity index (χ1n) is 21.4. The maximum Gasteiger partial charge on any atom is 0.358 e. The quantitative estimate of drug-likeness (QED) is 0.0430. The number of carbonyl (C=O) groups is 2. The maximum absolute atomic E-state index is 14.7. The molecule has 0 unspecified atom stereocenters. The largest absolute Gasteiger partial charge is 0.489 e. The van der Waals surface area contributed by atoms with Gasteiger partial charge in [0, 0.05) is 50.7 Å². The lowest BCUT2D eigenvalue weighted by atomic mass is 9.94. The van der Waals surface area contributed by atoms with Crippen LogP contribution in [0.3, 0.4) is 0 Å². The summed E-state index contributed by atoms with van der Waals surface area (Å²) in [5.41, 5.74) is 6.46. The van der Waals surface area contributed by atoms with E-state index in [-0.39, 0.29) is 18.3 Å². The molecule has 0 atom stereocenters. The lowest BCUT2D eigenvalue weighted by molar-refractivity contribution is 0.00637. The standard InChI is InChI=1S/C50H54N6O5SSi/c1-50(2,3)61-48(58)46-40(38-29-51-55(31-38)30-35-19-21-39(22-20-35)60-33-36-13-8-7-9-14-36)23-24-45(53-46)54-26-25-37-15-12-16-41(42(37)32-54)47(57)56(34-59-27-28-63(4,5)6)49-52-43-17-10-11-18-44(43)62-49/h7-24,29,31H,25-28,30,32-34H2,1-6H3. The van der Waals surface area contributed by atoms with E-state index in [0.717, 1.165) is 49.8 Å². The zero-order valence-electron chi connectivity index (χ0n) is 36.8. The van der Waals surface area contributed by atoms with Crippen molar-refractivity contribution in [3.8, 4) is 16.9 Å². The third kappa shape index (κ3) is 10.9. The third-order valence-corrected chi connectivity index (χ3v) is 13.5. The molecule has 0 saturated heterocycles. The minimum atomic E-state index is -1.35. The van der Waals surface area contributed by atoms with Gasteiger partial charge in [-0.15, -0.1) is 0 Å². The molecule has 0 aliphatic carbocycles. The average Bonchev–Trinajstić information content (AvgIpc) is 3.92. The summed E-state index contributed by atoms with van der Waals surface area (Å²) in [6.07, 6.45) is 4.37. The highest BCUT2D eigenvalue weighted by atomic mass is 32.1. The molecule has 7 aromatic rings. The molecular weight excluding hydrogens is 825 g/mol. The molecule has 0 N–H and O–H groups in total. The summed E-state index contributed by atoms with van der Waals surface area (Å²) in [7, 11) is -1.35. The number of nitrogens with zero attached hydrogens (tertiary/aromatic N) is 6. The lowest BCUT2D eigenvalue weighted by Crippen LogP contribution is -2.37. The fourth-order valence-corrected chi connectivity index (χ4v) is 9.09. The minimum Gasteiger partial charge on any atom is -0.489 e. The van der Waals surface area contributed by atoms with Crippen LogP contribution in [0.4, 0.5) is 10.9 Å². The minimum absolute atomic E-state index is 0.103.